The van der Waals surface area contributed by atoms with E-state index in [1.54, 1.807) is 11.1 Å². The van der Waals surface area contributed by atoms with E-state index in [0.29, 0.717) is 13.2 Å². The summed E-state index contributed by atoms with van der Waals surface area (Å²) in [5, 5.41) is 17.4. The molecule has 1 saturated heterocycles. The molecule has 1 aromatic heterocycles. The van der Waals surface area contributed by atoms with Gasteiger partial charge in [0.15, 0.2) is 0 Å². The van der Waals surface area contributed by atoms with E-state index in [9.17, 15) is 9.90 Å². The molecule has 23 heavy (non-hydrogen) atoms. The molecule has 2 amide bonds. The van der Waals surface area contributed by atoms with Gasteiger partial charge in [-0.2, -0.15) is 5.10 Å². The second-order valence-electron chi connectivity index (χ2n) is 5.98. The molecule has 1 aliphatic rings. The van der Waals surface area contributed by atoms with Crippen molar-refractivity contribution < 1.29 is 14.6 Å². The van der Waals surface area contributed by atoms with Gasteiger partial charge in [-0.3, -0.25) is 5.32 Å². The molecule has 2 heterocycles. The van der Waals surface area contributed by atoms with Gasteiger partial charge in [-0.05, 0) is 26.7 Å². The molecule has 0 saturated carbocycles. The quantitative estimate of drug-likeness (QED) is 0.840. The van der Waals surface area contributed by atoms with Crippen LogP contribution in [0.4, 0.5) is 10.6 Å². The van der Waals surface area contributed by atoms with Crippen molar-refractivity contribution in [3.63, 3.8) is 0 Å². The lowest BCUT2D eigenvalue weighted by Gasteiger charge is -2.29. The van der Waals surface area contributed by atoms with Crippen molar-refractivity contribution in [2.75, 3.05) is 25.1 Å². The van der Waals surface area contributed by atoms with E-state index in [0.717, 1.165) is 24.2 Å². The van der Waals surface area contributed by atoms with Gasteiger partial charge in [0.2, 0.25) is 0 Å². The fraction of sp³-hybridized carbons (Fsp3) is 0.750. The standard InChI is InChI=1S/C16H28N4O3/c1-5-12(6-2)20-15(11(4)8-17-20)18-16(22)19(7-3)13-9-23-10-14(13)21/h8,12-14,21H,5-7,9-10H2,1-4H3,(H,18,22)/t13-,14-/m0/s1. The monoisotopic (exact) mass is 324 g/mol. The Kier molecular flexibility index (Phi) is 6.01. The lowest BCUT2D eigenvalue weighted by molar-refractivity contribution is 0.0999. The van der Waals surface area contributed by atoms with Crippen LogP contribution in [-0.4, -0.2) is 57.7 Å². The molecule has 0 bridgehead atoms. The Morgan fingerprint density at radius 2 is 2.17 bits per heavy atom. The van der Waals surface area contributed by atoms with Crippen LogP contribution >= 0.6 is 0 Å². The number of aliphatic hydroxyl groups is 1. The number of anilines is 1. The van der Waals surface area contributed by atoms with E-state index in [1.807, 2.05) is 18.5 Å². The molecule has 2 N–H and O–H groups in total. The van der Waals surface area contributed by atoms with Crippen LogP contribution in [0.25, 0.3) is 0 Å². The van der Waals surface area contributed by atoms with Crippen molar-refractivity contribution in [3.05, 3.63) is 11.8 Å². The zero-order chi connectivity index (χ0) is 17.0. The van der Waals surface area contributed by atoms with Crippen LogP contribution in [0.5, 0.6) is 0 Å². The maximum absolute atomic E-state index is 12.7. The van der Waals surface area contributed by atoms with Gasteiger partial charge in [-0.25, -0.2) is 9.48 Å². The number of likely N-dealkylation sites (N-methyl/N-ethyl adjacent to an activating group) is 1. The molecule has 7 nitrogen and oxygen atoms in total. The summed E-state index contributed by atoms with van der Waals surface area (Å²) >= 11 is 0. The van der Waals surface area contributed by atoms with Crippen LogP contribution in [0.1, 0.15) is 45.2 Å². The average Bonchev–Trinajstić information content (AvgIpc) is 3.10. The third-order valence-corrected chi connectivity index (χ3v) is 4.52. The SMILES string of the molecule is CCC(CC)n1ncc(C)c1NC(=O)N(CC)[C@H]1COC[C@@H]1O. The number of hydrogen-bond acceptors (Lipinski definition) is 4. The number of carbonyl (C=O) groups is 1. The third kappa shape index (κ3) is 3.67. The minimum atomic E-state index is -0.634. The second-order valence-corrected chi connectivity index (χ2v) is 5.98. The molecule has 2 rings (SSSR count). The Hall–Kier alpha value is -1.60. The molecule has 0 spiro atoms. The summed E-state index contributed by atoms with van der Waals surface area (Å²) in [5.41, 5.74) is 0.935. The number of aliphatic hydroxyl groups excluding tert-OH is 1. The minimum Gasteiger partial charge on any atom is -0.388 e. The maximum Gasteiger partial charge on any atom is 0.323 e. The number of aryl methyl sites for hydroxylation is 1. The number of ether oxygens (including phenoxy) is 1. The molecule has 0 aliphatic carbocycles. The van der Waals surface area contributed by atoms with Crippen LogP contribution in [0, 0.1) is 6.92 Å². The third-order valence-electron chi connectivity index (χ3n) is 4.52. The highest BCUT2D eigenvalue weighted by Gasteiger charge is 2.34. The van der Waals surface area contributed by atoms with E-state index >= 15 is 0 Å². The largest absolute Gasteiger partial charge is 0.388 e. The zero-order valence-corrected chi connectivity index (χ0v) is 14.5. The zero-order valence-electron chi connectivity index (χ0n) is 14.5. The molecule has 7 heteroatoms. The van der Waals surface area contributed by atoms with Crippen LogP contribution < -0.4 is 5.32 Å². The first-order valence-corrected chi connectivity index (χ1v) is 8.40. The van der Waals surface area contributed by atoms with Crippen LogP contribution in [0.2, 0.25) is 0 Å². The highest BCUT2D eigenvalue weighted by Crippen LogP contribution is 2.24. The summed E-state index contributed by atoms with van der Waals surface area (Å²) in [6.07, 6.45) is 3.05. The van der Waals surface area contributed by atoms with E-state index in [2.05, 4.69) is 24.3 Å². The number of aromatic nitrogens is 2. The van der Waals surface area contributed by atoms with Crippen LogP contribution in [0.15, 0.2) is 6.20 Å². The summed E-state index contributed by atoms with van der Waals surface area (Å²) in [5.74, 6) is 0.732. The number of amides is 2. The Bertz CT molecular complexity index is 527. The molecule has 130 valence electrons. The Morgan fingerprint density at radius 1 is 1.48 bits per heavy atom. The smallest absolute Gasteiger partial charge is 0.323 e. The number of hydrogen-bond donors (Lipinski definition) is 2. The van der Waals surface area contributed by atoms with Gasteiger partial charge in [0.05, 0.1) is 37.6 Å². The Labute approximate surface area is 137 Å². The van der Waals surface area contributed by atoms with E-state index in [1.165, 1.54) is 0 Å². The first-order valence-electron chi connectivity index (χ1n) is 8.40. The summed E-state index contributed by atoms with van der Waals surface area (Å²) in [6, 6.07) is -0.267. The number of carbonyl (C=O) groups excluding carboxylic acids is 1. The number of nitrogens with zero attached hydrogens (tertiary/aromatic N) is 3. The molecule has 1 aromatic rings. The fourth-order valence-corrected chi connectivity index (χ4v) is 3.05. The van der Waals surface area contributed by atoms with Gasteiger partial charge >= 0.3 is 6.03 Å². The van der Waals surface area contributed by atoms with Gasteiger partial charge < -0.3 is 14.7 Å². The van der Waals surface area contributed by atoms with E-state index < -0.39 is 6.10 Å². The van der Waals surface area contributed by atoms with Crippen molar-refractivity contribution in [3.8, 4) is 0 Å². The highest BCUT2D eigenvalue weighted by molar-refractivity contribution is 5.89. The molecule has 2 atom stereocenters. The lowest BCUT2D eigenvalue weighted by atomic mass is 10.2. The van der Waals surface area contributed by atoms with Crippen molar-refractivity contribution in [1.29, 1.82) is 0 Å². The normalized spacial score (nSPS) is 21.0. The van der Waals surface area contributed by atoms with E-state index in [-0.39, 0.29) is 24.7 Å². The summed E-state index contributed by atoms with van der Waals surface area (Å²) < 4.78 is 7.16. The molecule has 1 aliphatic heterocycles. The molecule has 0 aromatic carbocycles. The van der Waals surface area contributed by atoms with Crippen molar-refractivity contribution >= 4 is 11.8 Å². The topological polar surface area (TPSA) is 79.6 Å². The Balaban J connectivity index is 2.17. The molecule has 0 radical (unpaired) electrons. The maximum atomic E-state index is 12.7. The van der Waals surface area contributed by atoms with Gasteiger partial charge in [0.25, 0.3) is 0 Å². The fourth-order valence-electron chi connectivity index (χ4n) is 3.05. The predicted molar refractivity (Wildman–Crippen MR) is 88.6 cm³/mol. The first kappa shape index (κ1) is 17.7. The van der Waals surface area contributed by atoms with Gasteiger partial charge in [0.1, 0.15) is 5.82 Å². The minimum absolute atomic E-state index is 0.224. The summed E-state index contributed by atoms with van der Waals surface area (Å²) in [4.78, 5) is 14.3. The molecule has 0 unspecified atom stereocenters. The van der Waals surface area contributed by atoms with E-state index in [4.69, 9.17) is 4.74 Å². The second kappa shape index (κ2) is 7.79. The predicted octanol–water partition coefficient (Wildman–Crippen LogP) is 2.17. The number of urea groups is 1. The first-order chi connectivity index (χ1) is 11.0. The van der Waals surface area contributed by atoms with Crippen molar-refractivity contribution in [1.82, 2.24) is 14.7 Å². The summed E-state index contributed by atoms with van der Waals surface area (Å²) in [7, 11) is 0. The number of rotatable bonds is 6. The van der Waals surface area contributed by atoms with Gasteiger partial charge in [-0.1, -0.05) is 13.8 Å². The lowest BCUT2D eigenvalue weighted by Crippen LogP contribution is -2.48. The van der Waals surface area contributed by atoms with Gasteiger partial charge in [0, 0.05) is 12.1 Å². The molecular weight excluding hydrogens is 296 g/mol. The summed E-state index contributed by atoms with van der Waals surface area (Å²) in [6.45, 7) is 9.21. The van der Waals surface area contributed by atoms with Gasteiger partial charge in [-0.15, -0.1) is 0 Å². The molecular formula is C16H28N4O3. The van der Waals surface area contributed by atoms with Crippen molar-refractivity contribution in [2.45, 2.75) is 58.7 Å². The number of nitrogens with one attached hydrogen (secondary N) is 1. The highest BCUT2D eigenvalue weighted by atomic mass is 16.5. The van der Waals surface area contributed by atoms with Crippen LogP contribution in [-0.2, 0) is 4.74 Å². The average molecular weight is 324 g/mol. The molecule has 1 fully saturated rings. The van der Waals surface area contributed by atoms with Crippen molar-refractivity contribution in [2.24, 2.45) is 0 Å². The van der Waals surface area contributed by atoms with Crippen LogP contribution in [0.3, 0.4) is 0 Å². The Morgan fingerprint density at radius 3 is 2.70 bits per heavy atom.